The predicted octanol–water partition coefficient (Wildman–Crippen LogP) is 3.68. The van der Waals surface area contributed by atoms with Gasteiger partial charge in [0.25, 0.3) is 0 Å². The van der Waals surface area contributed by atoms with E-state index in [4.69, 9.17) is 0 Å². The van der Waals surface area contributed by atoms with Crippen LogP contribution in [0.2, 0.25) is 0 Å². The molecule has 17 heavy (non-hydrogen) atoms. The molecule has 1 aromatic carbocycles. The smallest absolute Gasteiger partial charge is 0.313 e. The van der Waals surface area contributed by atoms with Crippen LogP contribution in [-0.4, -0.2) is 12.7 Å². The Bertz CT molecular complexity index is 334. The first-order valence-electron chi connectivity index (χ1n) is 5.87. The maximum atomic E-state index is 11.9. The number of hydrogen-bond donors (Lipinski definition) is 1. The number of hydrogen-bond acceptors (Lipinski definition) is 1. The van der Waals surface area contributed by atoms with Gasteiger partial charge in [-0.05, 0) is 30.5 Å². The van der Waals surface area contributed by atoms with Gasteiger partial charge in [-0.2, -0.15) is 13.2 Å². The molecule has 0 aliphatic rings. The molecule has 0 aliphatic carbocycles. The Morgan fingerprint density at radius 1 is 1.12 bits per heavy atom. The summed E-state index contributed by atoms with van der Waals surface area (Å²) in [6, 6.07) is 7.99. The van der Waals surface area contributed by atoms with Crippen molar-refractivity contribution in [2.75, 3.05) is 6.54 Å². The van der Waals surface area contributed by atoms with Crippen LogP contribution in [0.15, 0.2) is 24.3 Å². The molecule has 0 aromatic heterocycles. The van der Waals surface area contributed by atoms with Crippen molar-refractivity contribution in [2.24, 2.45) is 0 Å². The van der Waals surface area contributed by atoms with E-state index in [-0.39, 0.29) is 6.42 Å². The van der Waals surface area contributed by atoms with Crippen LogP contribution in [0.5, 0.6) is 0 Å². The van der Waals surface area contributed by atoms with Crippen molar-refractivity contribution in [1.82, 2.24) is 5.32 Å². The standard InChI is InChI=1S/C13H18F3N/c1-2-11-6-3-4-7-12(11)10-17-9-5-8-13(14,15)16/h3-4,6-7,17H,2,5,8-10H2,1H3. The lowest BCUT2D eigenvalue weighted by Crippen LogP contribution is -2.18. The molecule has 0 amide bonds. The second-order valence-electron chi connectivity index (χ2n) is 4.02. The van der Waals surface area contributed by atoms with Crippen LogP contribution in [-0.2, 0) is 13.0 Å². The third kappa shape index (κ3) is 5.73. The maximum Gasteiger partial charge on any atom is 0.389 e. The fraction of sp³-hybridized carbons (Fsp3) is 0.538. The number of halogens is 3. The van der Waals surface area contributed by atoms with E-state index in [0.717, 1.165) is 6.42 Å². The molecule has 0 saturated heterocycles. The summed E-state index contributed by atoms with van der Waals surface area (Å²) < 4.78 is 35.7. The summed E-state index contributed by atoms with van der Waals surface area (Å²) in [5.74, 6) is 0. The Morgan fingerprint density at radius 2 is 1.76 bits per heavy atom. The van der Waals surface area contributed by atoms with E-state index in [1.807, 2.05) is 24.3 Å². The molecule has 0 radical (unpaired) electrons. The van der Waals surface area contributed by atoms with E-state index in [0.29, 0.717) is 13.1 Å². The van der Waals surface area contributed by atoms with Crippen LogP contribution >= 0.6 is 0 Å². The lowest BCUT2D eigenvalue weighted by atomic mass is 10.1. The molecule has 1 rings (SSSR count). The zero-order valence-electron chi connectivity index (χ0n) is 9.98. The second-order valence-corrected chi connectivity index (χ2v) is 4.02. The largest absolute Gasteiger partial charge is 0.389 e. The highest BCUT2D eigenvalue weighted by molar-refractivity contribution is 5.26. The number of aryl methyl sites for hydroxylation is 1. The summed E-state index contributed by atoms with van der Waals surface area (Å²) in [5, 5.41) is 3.05. The van der Waals surface area contributed by atoms with Crippen molar-refractivity contribution in [3.05, 3.63) is 35.4 Å². The van der Waals surface area contributed by atoms with Gasteiger partial charge in [-0.15, -0.1) is 0 Å². The Balaban J connectivity index is 2.27. The average molecular weight is 245 g/mol. The highest BCUT2D eigenvalue weighted by Crippen LogP contribution is 2.20. The third-order valence-corrected chi connectivity index (χ3v) is 2.63. The zero-order valence-corrected chi connectivity index (χ0v) is 9.98. The molecule has 1 aromatic rings. The lowest BCUT2D eigenvalue weighted by molar-refractivity contribution is -0.135. The number of alkyl halides is 3. The summed E-state index contributed by atoms with van der Waals surface area (Å²) in [6.45, 7) is 3.11. The quantitative estimate of drug-likeness (QED) is 0.754. The minimum absolute atomic E-state index is 0.137. The molecular weight excluding hydrogens is 227 g/mol. The molecule has 0 bridgehead atoms. The summed E-state index contributed by atoms with van der Waals surface area (Å²) in [5.41, 5.74) is 2.41. The van der Waals surface area contributed by atoms with Gasteiger partial charge in [-0.1, -0.05) is 31.2 Å². The Morgan fingerprint density at radius 3 is 2.35 bits per heavy atom. The first kappa shape index (κ1) is 14.0. The summed E-state index contributed by atoms with van der Waals surface area (Å²) in [6.07, 6.45) is -3.67. The molecule has 0 aliphatic heterocycles. The van der Waals surface area contributed by atoms with Gasteiger partial charge in [0, 0.05) is 13.0 Å². The SMILES string of the molecule is CCc1ccccc1CNCCCC(F)(F)F. The van der Waals surface area contributed by atoms with Crippen molar-refractivity contribution in [2.45, 2.75) is 38.9 Å². The number of nitrogens with one attached hydrogen (secondary N) is 1. The van der Waals surface area contributed by atoms with E-state index in [2.05, 4.69) is 12.2 Å². The first-order chi connectivity index (χ1) is 8.03. The summed E-state index contributed by atoms with van der Waals surface area (Å²) in [4.78, 5) is 0. The minimum atomic E-state index is -4.04. The van der Waals surface area contributed by atoms with Crippen molar-refractivity contribution in [3.8, 4) is 0 Å². The topological polar surface area (TPSA) is 12.0 Å². The molecule has 0 saturated carbocycles. The van der Waals surface area contributed by atoms with E-state index in [1.165, 1.54) is 11.1 Å². The van der Waals surface area contributed by atoms with Crippen LogP contribution in [0.3, 0.4) is 0 Å². The van der Waals surface area contributed by atoms with E-state index in [1.54, 1.807) is 0 Å². The summed E-state index contributed by atoms with van der Waals surface area (Å²) >= 11 is 0. The fourth-order valence-corrected chi connectivity index (χ4v) is 1.71. The van der Waals surface area contributed by atoms with Crippen LogP contribution in [0.1, 0.15) is 30.9 Å². The van der Waals surface area contributed by atoms with Crippen LogP contribution in [0, 0.1) is 0 Å². The van der Waals surface area contributed by atoms with Gasteiger partial charge in [-0.3, -0.25) is 0 Å². The molecule has 96 valence electrons. The molecule has 0 heterocycles. The molecule has 0 unspecified atom stereocenters. The molecule has 0 fully saturated rings. The molecular formula is C13H18F3N. The number of rotatable bonds is 6. The van der Waals surface area contributed by atoms with Crippen LogP contribution in [0.4, 0.5) is 13.2 Å². The molecule has 1 nitrogen and oxygen atoms in total. The number of benzene rings is 1. The molecule has 1 N–H and O–H groups in total. The van der Waals surface area contributed by atoms with Crippen molar-refractivity contribution in [3.63, 3.8) is 0 Å². The van der Waals surface area contributed by atoms with Gasteiger partial charge in [0.2, 0.25) is 0 Å². The maximum absolute atomic E-state index is 11.9. The summed E-state index contributed by atoms with van der Waals surface area (Å²) in [7, 11) is 0. The van der Waals surface area contributed by atoms with E-state index < -0.39 is 12.6 Å². The highest BCUT2D eigenvalue weighted by Gasteiger charge is 2.25. The molecule has 0 spiro atoms. The molecule has 0 atom stereocenters. The van der Waals surface area contributed by atoms with Crippen molar-refractivity contribution < 1.29 is 13.2 Å². The zero-order chi connectivity index (χ0) is 12.7. The Hall–Kier alpha value is -1.03. The fourth-order valence-electron chi connectivity index (χ4n) is 1.71. The average Bonchev–Trinajstić information content (AvgIpc) is 2.27. The Labute approximate surface area is 100 Å². The van der Waals surface area contributed by atoms with Crippen LogP contribution in [0.25, 0.3) is 0 Å². The molecule has 4 heteroatoms. The van der Waals surface area contributed by atoms with Gasteiger partial charge < -0.3 is 5.32 Å². The second kappa shape index (κ2) is 6.64. The van der Waals surface area contributed by atoms with Gasteiger partial charge in [-0.25, -0.2) is 0 Å². The normalized spacial score (nSPS) is 11.8. The van der Waals surface area contributed by atoms with Gasteiger partial charge >= 0.3 is 6.18 Å². The highest BCUT2D eigenvalue weighted by atomic mass is 19.4. The van der Waals surface area contributed by atoms with E-state index >= 15 is 0 Å². The predicted molar refractivity (Wildman–Crippen MR) is 62.8 cm³/mol. The van der Waals surface area contributed by atoms with Gasteiger partial charge in [0.15, 0.2) is 0 Å². The Kier molecular flexibility index (Phi) is 5.48. The first-order valence-corrected chi connectivity index (χ1v) is 5.87. The monoisotopic (exact) mass is 245 g/mol. The van der Waals surface area contributed by atoms with E-state index in [9.17, 15) is 13.2 Å². The lowest BCUT2D eigenvalue weighted by Gasteiger charge is -2.10. The van der Waals surface area contributed by atoms with Crippen molar-refractivity contribution in [1.29, 1.82) is 0 Å². The third-order valence-electron chi connectivity index (χ3n) is 2.63. The van der Waals surface area contributed by atoms with Gasteiger partial charge in [0.05, 0.1) is 0 Å². The minimum Gasteiger partial charge on any atom is -0.313 e. The van der Waals surface area contributed by atoms with Crippen molar-refractivity contribution >= 4 is 0 Å². The van der Waals surface area contributed by atoms with Gasteiger partial charge in [0.1, 0.15) is 0 Å². The van der Waals surface area contributed by atoms with Crippen LogP contribution < -0.4 is 5.32 Å².